The van der Waals surface area contributed by atoms with Crippen LogP contribution >= 0.6 is 0 Å². The van der Waals surface area contributed by atoms with Crippen LogP contribution in [0.1, 0.15) is 32.3 Å². The predicted molar refractivity (Wildman–Crippen MR) is 67.7 cm³/mol. The van der Waals surface area contributed by atoms with Crippen molar-refractivity contribution in [2.24, 2.45) is 0 Å². The molecule has 3 heteroatoms. The summed E-state index contributed by atoms with van der Waals surface area (Å²) in [5.41, 5.74) is 1.32. The van der Waals surface area contributed by atoms with Crippen molar-refractivity contribution in [3.05, 3.63) is 23.9 Å². The lowest BCUT2D eigenvalue weighted by Crippen LogP contribution is -2.23. The number of aromatic nitrogens is 1. The molecule has 1 aliphatic heterocycles. The molecule has 16 heavy (non-hydrogen) atoms. The molecule has 1 aliphatic rings. The molecule has 0 unspecified atom stereocenters. The van der Waals surface area contributed by atoms with Crippen LogP contribution in [0.5, 0.6) is 0 Å². The fourth-order valence-corrected chi connectivity index (χ4v) is 2.01. The van der Waals surface area contributed by atoms with Gasteiger partial charge in [-0.1, -0.05) is 13.8 Å². The maximum absolute atomic E-state index is 4.45. The Kier molecular flexibility index (Phi) is 3.78. The molecular formula is C13H21N3. The molecule has 0 atom stereocenters. The van der Waals surface area contributed by atoms with Crippen molar-refractivity contribution in [1.82, 2.24) is 10.3 Å². The standard InChI is InChI=1S/C13H21N3/c1-11(2)15-10-12-5-6-14-13(9-12)16-7-3-4-8-16/h5-6,9,11,15H,3-4,7-8,10H2,1-2H3. The summed E-state index contributed by atoms with van der Waals surface area (Å²) in [7, 11) is 0. The van der Waals surface area contributed by atoms with Gasteiger partial charge in [0.25, 0.3) is 0 Å². The van der Waals surface area contributed by atoms with Gasteiger partial charge in [0, 0.05) is 31.9 Å². The molecule has 0 aromatic carbocycles. The lowest BCUT2D eigenvalue weighted by Gasteiger charge is -2.17. The quantitative estimate of drug-likeness (QED) is 0.841. The van der Waals surface area contributed by atoms with Crippen molar-refractivity contribution < 1.29 is 0 Å². The Labute approximate surface area is 97.9 Å². The molecule has 1 N–H and O–H groups in total. The molecule has 0 amide bonds. The zero-order valence-corrected chi connectivity index (χ0v) is 10.2. The molecular weight excluding hydrogens is 198 g/mol. The van der Waals surface area contributed by atoms with Gasteiger partial charge in [0.05, 0.1) is 0 Å². The van der Waals surface area contributed by atoms with Crippen LogP contribution in [-0.2, 0) is 6.54 Å². The van der Waals surface area contributed by atoms with Crippen LogP contribution < -0.4 is 10.2 Å². The first-order chi connectivity index (χ1) is 7.75. The maximum Gasteiger partial charge on any atom is 0.128 e. The highest BCUT2D eigenvalue weighted by molar-refractivity contribution is 5.41. The zero-order chi connectivity index (χ0) is 11.4. The summed E-state index contributed by atoms with van der Waals surface area (Å²) in [5, 5.41) is 3.43. The normalized spacial score (nSPS) is 16.1. The molecule has 1 fully saturated rings. The summed E-state index contributed by atoms with van der Waals surface area (Å²) in [6.45, 7) is 7.59. The summed E-state index contributed by atoms with van der Waals surface area (Å²) < 4.78 is 0. The van der Waals surface area contributed by atoms with E-state index in [0.717, 1.165) is 25.5 Å². The van der Waals surface area contributed by atoms with Gasteiger partial charge in [-0.2, -0.15) is 0 Å². The number of nitrogens with one attached hydrogen (secondary N) is 1. The molecule has 2 heterocycles. The molecule has 0 aliphatic carbocycles. The number of pyridine rings is 1. The Morgan fingerprint density at radius 1 is 1.38 bits per heavy atom. The maximum atomic E-state index is 4.45. The number of hydrogen-bond donors (Lipinski definition) is 1. The number of anilines is 1. The monoisotopic (exact) mass is 219 g/mol. The molecule has 2 rings (SSSR count). The summed E-state index contributed by atoms with van der Waals surface area (Å²) in [5.74, 6) is 1.14. The predicted octanol–water partition coefficient (Wildman–Crippen LogP) is 2.18. The van der Waals surface area contributed by atoms with E-state index >= 15 is 0 Å². The third kappa shape index (κ3) is 2.95. The van der Waals surface area contributed by atoms with E-state index in [1.165, 1.54) is 18.4 Å². The highest BCUT2D eigenvalue weighted by atomic mass is 15.2. The molecule has 1 aromatic heterocycles. The van der Waals surface area contributed by atoms with Crippen LogP contribution in [0.2, 0.25) is 0 Å². The zero-order valence-electron chi connectivity index (χ0n) is 10.2. The highest BCUT2D eigenvalue weighted by Crippen LogP contribution is 2.18. The lowest BCUT2D eigenvalue weighted by atomic mass is 10.2. The number of rotatable bonds is 4. The van der Waals surface area contributed by atoms with Crippen LogP contribution in [0.3, 0.4) is 0 Å². The Morgan fingerprint density at radius 3 is 2.81 bits per heavy atom. The van der Waals surface area contributed by atoms with E-state index in [0.29, 0.717) is 6.04 Å². The van der Waals surface area contributed by atoms with Crippen molar-refractivity contribution in [2.75, 3.05) is 18.0 Å². The molecule has 88 valence electrons. The molecule has 0 spiro atoms. The molecule has 1 aromatic rings. The second kappa shape index (κ2) is 5.30. The van der Waals surface area contributed by atoms with Gasteiger partial charge in [-0.25, -0.2) is 4.98 Å². The minimum absolute atomic E-state index is 0.531. The van der Waals surface area contributed by atoms with Gasteiger partial charge >= 0.3 is 0 Å². The first kappa shape index (κ1) is 11.4. The van der Waals surface area contributed by atoms with E-state index in [9.17, 15) is 0 Å². The minimum atomic E-state index is 0.531. The van der Waals surface area contributed by atoms with E-state index in [1.54, 1.807) is 0 Å². The summed E-state index contributed by atoms with van der Waals surface area (Å²) >= 11 is 0. The Hall–Kier alpha value is -1.09. The van der Waals surface area contributed by atoms with Crippen molar-refractivity contribution in [3.8, 4) is 0 Å². The Bertz CT molecular complexity index is 330. The van der Waals surface area contributed by atoms with E-state index in [2.05, 4.69) is 41.2 Å². The summed E-state index contributed by atoms with van der Waals surface area (Å²) in [4.78, 5) is 6.82. The van der Waals surface area contributed by atoms with Gasteiger partial charge in [0.2, 0.25) is 0 Å². The lowest BCUT2D eigenvalue weighted by molar-refractivity contribution is 0.588. The van der Waals surface area contributed by atoms with Gasteiger partial charge in [-0.15, -0.1) is 0 Å². The smallest absolute Gasteiger partial charge is 0.128 e. The third-order valence-electron chi connectivity index (χ3n) is 2.95. The minimum Gasteiger partial charge on any atom is -0.357 e. The first-order valence-electron chi connectivity index (χ1n) is 6.19. The van der Waals surface area contributed by atoms with E-state index < -0.39 is 0 Å². The molecule has 1 saturated heterocycles. The van der Waals surface area contributed by atoms with Crippen molar-refractivity contribution in [1.29, 1.82) is 0 Å². The van der Waals surface area contributed by atoms with Crippen LogP contribution in [0, 0.1) is 0 Å². The van der Waals surface area contributed by atoms with Crippen molar-refractivity contribution in [3.63, 3.8) is 0 Å². The Balaban J connectivity index is 2.01. The second-order valence-corrected chi connectivity index (χ2v) is 4.75. The highest BCUT2D eigenvalue weighted by Gasteiger charge is 2.13. The first-order valence-corrected chi connectivity index (χ1v) is 6.19. The van der Waals surface area contributed by atoms with Crippen molar-refractivity contribution >= 4 is 5.82 Å². The fourth-order valence-electron chi connectivity index (χ4n) is 2.01. The Morgan fingerprint density at radius 2 is 2.12 bits per heavy atom. The van der Waals surface area contributed by atoms with Crippen LogP contribution in [0.25, 0.3) is 0 Å². The van der Waals surface area contributed by atoms with E-state index in [4.69, 9.17) is 0 Å². The van der Waals surface area contributed by atoms with Crippen LogP contribution in [0.4, 0.5) is 5.82 Å². The molecule has 3 nitrogen and oxygen atoms in total. The van der Waals surface area contributed by atoms with Crippen LogP contribution in [-0.4, -0.2) is 24.1 Å². The molecule has 0 radical (unpaired) electrons. The molecule has 0 bridgehead atoms. The average Bonchev–Trinajstić information content (AvgIpc) is 2.80. The van der Waals surface area contributed by atoms with Gasteiger partial charge in [0.1, 0.15) is 5.82 Å². The number of nitrogens with zero attached hydrogens (tertiary/aromatic N) is 2. The fraction of sp³-hybridized carbons (Fsp3) is 0.615. The van der Waals surface area contributed by atoms with Crippen LogP contribution in [0.15, 0.2) is 18.3 Å². The summed E-state index contributed by atoms with van der Waals surface area (Å²) in [6.07, 6.45) is 4.53. The summed E-state index contributed by atoms with van der Waals surface area (Å²) in [6, 6.07) is 4.83. The average molecular weight is 219 g/mol. The van der Waals surface area contributed by atoms with Gasteiger partial charge in [-0.3, -0.25) is 0 Å². The molecule has 0 saturated carbocycles. The van der Waals surface area contributed by atoms with E-state index in [1.807, 2.05) is 6.20 Å². The van der Waals surface area contributed by atoms with E-state index in [-0.39, 0.29) is 0 Å². The van der Waals surface area contributed by atoms with Crippen molar-refractivity contribution in [2.45, 2.75) is 39.3 Å². The largest absolute Gasteiger partial charge is 0.357 e. The van der Waals surface area contributed by atoms with Gasteiger partial charge < -0.3 is 10.2 Å². The van der Waals surface area contributed by atoms with Gasteiger partial charge in [-0.05, 0) is 30.5 Å². The second-order valence-electron chi connectivity index (χ2n) is 4.75. The van der Waals surface area contributed by atoms with Gasteiger partial charge in [0.15, 0.2) is 0 Å². The SMILES string of the molecule is CC(C)NCc1ccnc(N2CCCC2)c1. The topological polar surface area (TPSA) is 28.2 Å². The number of hydrogen-bond acceptors (Lipinski definition) is 3. The third-order valence-corrected chi connectivity index (χ3v) is 2.95.